The fourth-order valence-electron chi connectivity index (χ4n) is 1.33. The standard InChI is InChI=1S/C10H10FN3O3S/c1-14-6-8(5-12-14)18(16,17)13-10-3-2-7(15)4-9(10)11/h2-6,13,15H,1H3. The molecule has 1 aromatic carbocycles. The third-order valence-corrected chi connectivity index (χ3v) is 3.51. The van der Waals surface area contributed by atoms with Crippen molar-refractivity contribution in [3.63, 3.8) is 0 Å². The maximum Gasteiger partial charge on any atom is 0.265 e. The van der Waals surface area contributed by atoms with Crippen molar-refractivity contribution in [2.45, 2.75) is 4.90 Å². The molecule has 0 radical (unpaired) electrons. The summed E-state index contributed by atoms with van der Waals surface area (Å²) in [6.45, 7) is 0. The fourth-order valence-corrected chi connectivity index (χ4v) is 2.38. The maximum absolute atomic E-state index is 13.4. The lowest BCUT2D eigenvalue weighted by Gasteiger charge is -2.07. The minimum Gasteiger partial charge on any atom is -0.508 e. The van der Waals surface area contributed by atoms with E-state index in [9.17, 15) is 12.8 Å². The summed E-state index contributed by atoms with van der Waals surface area (Å²) in [4.78, 5) is -0.0718. The molecule has 0 unspecified atom stereocenters. The van der Waals surface area contributed by atoms with Crippen LogP contribution in [-0.2, 0) is 17.1 Å². The molecule has 6 nitrogen and oxygen atoms in total. The van der Waals surface area contributed by atoms with Gasteiger partial charge in [0.25, 0.3) is 10.0 Å². The van der Waals surface area contributed by atoms with Crippen LogP contribution in [-0.4, -0.2) is 23.3 Å². The van der Waals surface area contributed by atoms with E-state index >= 15 is 0 Å². The highest BCUT2D eigenvalue weighted by atomic mass is 32.2. The molecule has 1 heterocycles. The minimum absolute atomic E-state index is 0.0718. The number of nitrogens with one attached hydrogen (secondary N) is 1. The lowest BCUT2D eigenvalue weighted by atomic mass is 10.3. The molecule has 2 rings (SSSR count). The first-order valence-electron chi connectivity index (χ1n) is 4.88. The summed E-state index contributed by atoms with van der Waals surface area (Å²) in [6, 6.07) is 3.14. The molecule has 18 heavy (non-hydrogen) atoms. The third-order valence-electron chi connectivity index (χ3n) is 2.19. The van der Waals surface area contributed by atoms with Gasteiger partial charge in [-0.05, 0) is 12.1 Å². The van der Waals surface area contributed by atoms with Crippen molar-refractivity contribution in [2.75, 3.05) is 4.72 Å². The third kappa shape index (κ3) is 2.43. The van der Waals surface area contributed by atoms with Gasteiger partial charge in [0.1, 0.15) is 10.6 Å². The summed E-state index contributed by atoms with van der Waals surface area (Å²) >= 11 is 0. The molecule has 0 amide bonds. The van der Waals surface area contributed by atoms with Gasteiger partial charge in [-0.15, -0.1) is 0 Å². The molecular formula is C10H10FN3O3S. The van der Waals surface area contributed by atoms with Gasteiger partial charge in [0.15, 0.2) is 5.82 Å². The van der Waals surface area contributed by atoms with Crippen LogP contribution in [0.2, 0.25) is 0 Å². The first kappa shape index (κ1) is 12.4. The smallest absolute Gasteiger partial charge is 0.265 e. The first-order chi connectivity index (χ1) is 8.38. The van der Waals surface area contributed by atoms with Gasteiger partial charge in [-0.2, -0.15) is 5.10 Å². The number of aryl methyl sites for hydroxylation is 1. The van der Waals surface area contributed by atoms with Crippen molar-refractivity contribution in [1.29, 1.82) is 0 Å². The molecule has 0 spiro atoms. The molecule has 1 aromatic heterocycles. The Balaban J connectivity index is 2.33. The number of sulfonamides is 1. The van der Waals surface area contributed by atoms with E-state index in [0.717, 1.165) is 18.3 Å². The van der Waals surface area contributed by atoms with E-state index in [1.54, 1.807) is 7.05 Å². The summed E-state index contributed by atoms with van der Waals surface area (Å²) in [6.07, 6.45) is 2.45. The number of aromatic hydroxyl groups is 1. The number of phenols is 1. The van der Waals surface area contributed by atoms with E-state index < -0.39 is 15.8 Å². The van der Waals surface area contributed by atoms with Crippen molar-refractivity contribution >= 4 is 15.7 Å². The average Bonchev–Trinajstić information content (AvgIpc) is 2.70. The van der Waals surface area contributed by atoms with Crippen LogP contribution in [0.3, 0.4) is 0 Å². The highest BCUT2D eigenvalue weighted by Gasteiger charge is 2.18. The Bertz CT molecular complexity index is 681. The SMILES string of the molecule is Cn1cc(S(=O)(=O)Nc2ccc(O)cc2F)cn1. The summed E-state index contributed by atoms with van der Waals surface area (Å²) in [5, 5.41) is 12.8. The van der Waals surface area contributed by atoms with E-state index in [1.807, 2.05) is 0 Å². The number of halogens is 1. The minimum atomic E-state index is -3.88. The Morgan fingerprint density at radius 3 is 2.72 bits per heavy atom. The molecule has 0 saturated carbocycles. The van der Waals surface area contributed by atoms with Crippen LogP contribution in [0.5, 0.6) is 5.75 Å². The number of nitrogens with zero attached hydrogens (tertiary/aromatic N) is 2. The van der Waals surface area contributed by atoms with E-state index in [-0.39, 0.29) is 16.3 Å². The molecular weight excluding hydrogens is 261 g/mol. The van der Waals surface area contributed by atoms with E-state index in [1.165, 1.54) is 16.9 Å². The largest absolute Gasteiger partial charge is 0.508 e. The van der Waals surface area contributed by atoms with Crippen LogP contribution in [0.15, 0.2) is 35.5 Å². The molecule has 96 valence electrons. The van der Waals surface area contributed by atoms with Gasteiger partial charge in [0.05, 0.1) is 11.9 Å². The number of aromatic nitrogens is 2. The van der Waals surface area contributed by atoms with Crippen molar-refractivity contribution in [3.8, 4) is 5.75 Å². The molecule has 8 heteroatoms. The van der Waals surface area contributed by atoms with Crippen LogP contribution >= 0.6 is 0 Å². The number of anilines is 1. The zero-order valence-electron chi connectivity index (χ0n) is 9.33. The zero-order valence-corrected chi connectivity index (χ0v) is 10.1. The monoisotopic (exact) mass is 271 g/mol. The maximum atomic E-state index is 13.4. The molecule has 0 atom stereocenters. The molecule has 0 aliphatic carbocycles. The Labute approximate surface area is 103 Å². The van der Waals surface area contributed by atoms with Crippen LogP contribution in [0.4, 0.5) is 10.1 Å². The van der Waals surface area contributed by atoms with Gasteiger partial charge >= 0.3 is 0 Å². The molecule has 0 bridgehead atoms. The predicted molar refractivity (Wildman–Crippen MR) is 62.1 cm³/mol. The van der Waals surface area contributed by atoms with Crippen LogP contribution in [0.1, 0.15) is 0 Å². The molecule has 2 aromatic rings. The van der Waals surface area contributed by atoms with Gasteiger partial charge in [-0.1, -0.05) is 0 Å². The zero-order chi connectivity index (χ0) is 13.3. The second-order valence-electron chi connectivity index (χ2n) is 3.62. The van der Waals surface area contributed by atoms with Gasteiger partial charge in [-0.25, -0.2) is 12.8 Å². The molecule has 2 N–H and O–H groups in total. The van der Waals surface area contributed by atoms with E-state index in [0.29, 0.717) is 0 Å². The second-order valence-corrected chi connectivity index (χ2v) is 5.30. The van der Waals surface area contributed by atoms with E-state index in [4.69, 9.17) is 5.11 Å². The molecule has 0 fully saturated rings. The Morgan fingerprint density at radius 2 is 2.17 bits per heavy atom. The van der Waals surface area contributed by atoms with Gasteiger partial charge in [0.2, 0.25) is 0 Å². The highest BCUT2D eigenvalue weighted by Crippen LogP contribution is 2.22. The average molecular weight is 271 g/mol. The Morgan fingerprint density at radius 1 is 1.44 bits per heavy atom. The van der Waals surface area contributed by atoms with Crippen molar-refractivity contribution in [2.24, 2.45) is 7.05 Å². The summed E-state index contributed by atoms with van der Waals surface area (Å²) in [5.74, 6) is -1.14. The number of benzene rings is 1. The Hall–Kier alpha value is -2.09. The van der Waals surface area contributed by atoms with E-state index in [2.05, 4.69) is 9.82 Å². The number of hydrogen-bond acceptors (Lipinski definition) is 4. The second kappa shape index (κ2) is 4.30. The highest BCUT2D eigenvalue weighted by molar-refractivity contribution is 7.92. The van der Waals surface area contributed by atoms with Crippen LogP contribution in [0, 0.1) is 5.82 Å². The quantitative estimate of drug-likeness (QED) is 0.818. The molecule has 0 aliphatic heterocycles. The predicted octanol–water partition coefficient (Wildman–Crippen LogP) is 1.07. The first-order valence-corrected chi connectivity index (χ1v) is 6.37. The lowest BCUT2D eigenvalue weighted by Crippen LogP contribution is -2.13. The van der Waals surface area contributed by atoms with Crippen molar-refractivity contribution in [1.82, 2.24) is 9.78 Å². The van der Waals surface area contributed by atoms with Crippen LogP contribution < -0.4 is 4.72 Å². The molecule has 0 saturated heterocycles. The number of rotatable bonds is 3. The Kier molecular flexibility index (Phi) is 2.95. The summed E-state index contributed by atoms with van der Waals surface area (Å²) in [7, 11) is -2.31. The van der Waals surface area contributed by atoms with Crippen molar-refractivity contribution < 1.29 is 17.9 Å². The van der Waals surface area contributed by atoms with Gasteiger partial charge < -0.3 is 5.11 Å². The van der Waals surface area contributed by atoms with Crippen LogP contribution in [0.25, 0.3) is 0 Å². The van der Waals surface area contributed by atoms with Crippen molar-refractivity contribution in [3.05, 3.63) is 36.4 Å². The number of hydrogen-bond donors (Lipinski definition) is 2. The fraction of sp³-hybridized carbons (Fsp3) is 0.100. The topological polar surface area (TPSA) is 84.2 Å². The normalized spacial score (nSPS) is 11.4. The van der Waals surface area contributed by atoms with Gasteiger partial charge in [-0.3, -0.25) is 9.40 Å². The number of phenolic OH excluding ortho intramolecular Hbond substituents is 1. The summed E-state index contributed by atoms with van der Waals surface area (Å²) in [5.41, 5.74) is -0.239. The van der Waals surface area contributed by atoms with Gasteiger partial charge in [0, 0.05) is 19.3 Å². The molecule has 0 aliphatic rings. The lowest BCUT2D eigenvalue weighted by molar-refractivity contribution is 0.469. The summed E-state index contributed by atoms with van der Waals surface area (Å²) < 4.78 is 40.5.